The monoisotopic (exact) mass is 461 g/mol. The molecule has 0 radical (unpaired) electrons. The third-order valence-electron chi connectivity index (χ3n) is 6.94. The van der Waals surface area contributed by atoms with E-state index in [4.69, 9.17) is 15.0 Å². The molecule has 0 aliphatic carbocycles. The van der Waals surface area contributed by atoms with Crippen molar-refractivity contribution in [2.24, 2.45) is 0 Å². The van der Waals surface area contributed by atoms with Crippen LogP contribution in [0.15, 0.2) is 115 Å². The average Bonchev–Trinajstić information content (AvgIpc) is 3.48. The lowest BCUT2D eigenvalue weighted by Crippen LogP contribution is -2.03. The maximum atomic E-state index is 5.17. The Morgan fingerprint density at radius 1 is 0.528 bits per heavy atom. The predicted octanol–water partition coefficient (Wildman–Crippen LogP) is 7.19. The summed E-state index contributed by atoms with van der Waals surface area (Å²) < 4.78 is 4.36. The molecule has 0 fully saturated rings. The highest BCUT2D eigenvalue weighted by Gasteiger charge is 2.20. The summed E-state index contributed by atoms with van der Waals surface area (Å²) in [7, 11) is 0. The highest BCUT2D eigenvalue weighted by Crippen LogP contribution is 2.37. The second-order valence-corrected chi connectivity index (χ2v) is 8.98. The number of imidazole rings is 1. The van der Waals surface area contributed by atoms with E-state index in [1.165, 1.54) is 0 Å². The van der Waals surface area contributed by atoms with Gasteiger partial charge in [-0.3, -0.25) is 8.97 Å². The number of hydrogen-bond donors (Lipinski definition) is 0. The van der Waals surface area contributed by atoms with Crippen molar-refractivity contribution in [3.05, 3.63) is 115 Å². The third kappa shape index (κ3) is 2.62. The Balaban J connectivity index is 1.55. The Morgan fingerprint density at radius 2 is 1.31 bits per heavy atom. The number of nitrogens with zero attached hydrogens (tertiary/aromatic N) is 5. The second kappa shape index (κ2) is 7.23. The molecule has 168 valence electrons. The summed E-state index contributed by atoms with van der Waals surface area (Å²) in [4.78, 5) is 15.1. The van der Waals surface area contributed by atoms with Gasteiger partial charge in [-0.1, -0.05) is 72.8 Å². The van der Waals surface area contributed by atoms with Crippen LogP contribution in [0.25, 0.3) is 66.6 Å². The van der Waals surface area contributed by atoms with E-state index < -0.39 is 0 Å². The number of hydrogen-bond acceptors (Lipinski definition) is 3. The summed E-state index contributed by atoms with van der Waals surface area (Å²) in [6.07, 6.45) is 2.08. The smallest absolute Gasteiger partial charge is 0.235 e. The van der Waals surface area contributed by atoms with E-state index in [1.54, 1.807) is 0 Å². The van der Waals surface area contributed by atoms with Crippen LogP contribution in [0.5, 0.6) is 0 Å². The van der Waals surface area contributed by atoms with Crippen molar-refractivity contribution in [2.75, 3.05) is 0 Å². The summed E-state index contributed by atoms with van der Waals surface area (Å²) in [6, 6.07) is 37.4. The molecule has 0 unspecified atom stereocenters. The fourth-order valence-corrected chi connectivity index (χ4v) is 5.40. The maximum Gasteiger partial charge on any atom is 0.235 e. The van der Waals surface area contributed by atoms with Gasteiger partial charge in [0.15, 0.2) is 0 Å². The highest BCUT2D eigenvalue weighted by atomic mass is 15.2. The van der Waals surface area contributed by atoms with Crippen molar-refractivity contribution in [2.45, 2.75) is 0 Å². The molecule has 4 heterocycles. The minimum atomic E-state index is 0.659. The summed E-state index contributed by atoms with van der Waals surface area (Å²) in [5.74, 6) is 0.659. The quantitative estimate of drug-likeness (QED) is 0.274. The minimum Gasteiger partial charge on any atom is -0.299 e. The zero-order valence-electron chi connectivity index (χ0n) is 19.2. The molecular weight excluding hydrogens is 442 g/mol. The van der Waals surface area contributed by atoms with E-state index in [2.05, 4.69) is 75.8 Å². The van der Waals surface area contributed by atoms with Gasteiger partial charge in [-0.25, -0.2) is 15.0 Å². The van der Waals surface area contributed by atoms with Gasteiger partial charge in [0.25, 0.3) is 0 Å². The number of para-hydroxylation sites is 2. The van der Waals surface area contributed by atoms with Crippen LogP contribution in [0.4, 0.5) is 0 Å². The van der Waals surface area contributed by atoms with E-state index in [-0.39, 0.29) is 0 Å². The Labute approximate surface area is 205 Å². The molecule has 5 heteroatoms. The van der Waals surface area contributed by atoms with Crippen LogP contribution >= 0.6 is 0 Å². The fourth-order valence-electron chi connectivity index (χ4n) is 5.40. The Bertz CT molecular complexity index is 2100. The molecule has 0 bridgehead atoms. The van der Waals surface area contributed by atoms with E-state index in [1.807, 2.05) is 48.5 Å². The van der Waals surface area contributed by atoms with Crippen LogP contribution < -0.4 is 0 Å². The first-order chi connectivity index (χ1) is 17.9. The van der Waals surface area contributed by atoms with Gasteiger partial charge in [0.05, 0.1) is 33.3 Å². The molecule has 5 nitrogen and oxygen atoms in total. The van der Waals surface area contributed by atoms with Crippen molar-refractivity contribution < 1.29 is 0 Å². The lowest BCUT2D eigenvalue weighted by atomic mass is 10.1. The molecule has 0 N–H and O–H groups in total. The molecule has 4 aromatic carbocycles. The summed E-state index contributed by atoms with van der Waals surface area (Å²) in [6.45, 7) is 0. The number of aromatic nitrogens is 5. The molecular formula is C31H19N5. The van der Waals surface area contributed by atoms with Crippen molar-refractivity contribution in [1.82, 2.24) is 23.9 Å². The van der Waals surface area contributed by atoms with Gasteiger partial charge >= 0.3 is 0 Å². The Kier molecular flexibility index (Phi) is 3.88. The van der Waals surface area contributed by atoms with Gasteiger partial charge in [0.2, 0.25) is 5.95 Å². The standard InChI is InChI=1S/C31H19N5/c1-2-10-20(11-3-1)29-21-12-4-6-14-23(21)33-31(34-29)36-25-15-7-5-13-22(25)28-26(36)18-17-24-30(28)35-19-9-8-16-27(35)32-24/h1-19H. The molecule has 0 spiro atoms. The molecule has 8 aromatic rings. The van der Waals surface area contributed by atoms with Crippen LogP contribution in [0.1, 0.15) is 0 Å². The predicted molar refractivity (Wildman–Crippen MR) is 146 cm³/mol. The first-order valence-corrected chi connectivity index (χ1v) is 12.0. The summed E-state index contributed by atoms with van der Waals surface area (Å²) >= 11 is 0. The van der Waals surface area contributed by atoms with Gasteiger partial charge < -0.3 is 0 Å². The van der Waals surface area contributed by atoms with Gasteiger partial charge in [-0.05, 0) is 36.4 Å². The Hall–Kier alpha value is -5.03. The van der Waals surface area contributed by atoms with Crippen LogP contribution in [0.2, 0.25) is 0 Å². The van der Waals surface area contributed by atoms with Gasteiger partial charge in [0.1, 0.15) is 5.65 Å². The molecule has 0 saturated heterocycles. The number of fused-ring (bicyclic) bond motifs is 8. The van der Waals surface area contributed by atoms with Gasteiger partial charge in [0, 0.05) is 27.9 Å². The normalized spacial score (nSPS) is 11.9. The van der Waals surface area contributed by atoms with E-state index in [9.17, 15) is 0 Å². The maximum absolute atomic E-state index is 5.17. The topological polar surface area (TPSA) is 48.0 Å². The number of benzene rings is 4. The first kappa shape index (κ1) is 19.3. The molecule has 36 heavy (non-hydrogen) atoms. The van der Waals surface area contributed by atoms with Crippen molar-refractivity contribution in [3.8, 4) is 17.2 Å². The molecule has 0 aliphatic heterocycles. The summed E-state index contributed by atoms with van der Waals surface area (Å²) in [5, 5.41) is 3.35. The molecule has 0 saturated carbocycles. The molecule has 8 rings (SSSR count). The third-order valence-corrected chi connectivity index (χ3v) is 6.94. The van der Waals surface area contributed by atoms with E-state index in [0.29, 0.717) is 5.95 Å². The fraction of sp³-hybridized carbons (Fsp3) is 0. The van der Waals surface area contributed by atoms with Crippen molar-refractivity contribution >= 4 is 49.4 Å². The molecule has 0 atom stereocenters. The first-order valence-electron chi connectivity index (χ1n) is 12.0. The number of rotatable bonds is 2. The summed E-state index contributed by atoms with van der Waals surface area (Å²) in [5.41, 5.74) is 8.06. The van der Waals surface area contributed by atoms with Crippen LogP contribution in [0, 0.1) is 0 Å². The molecule has 4 aromatic heterocycles. The lowest BCUT2D eigenvalue weighted by molar-refractivity contribution is 1.01. The van der Waals surface area contributed by atoms with Crippen molar-refractivity contribution in [1.29, 1.82) is 0 Å². The SMILES string of the molecule is c1ccc(-c2nc(-n3c4ccccc4c4c3ccc3nc5ccccn5c34)nc3ccccc23)cc1. The van der Waals surface area contributed by atoms with Crippen LogP contribution in [-0.4, -0.2) is 23.9 Å². The minimum absolute atomic E-state index is 0.659. The molecule has 0 aliphatic rings. The van der Waals surface area contributed by atoms with Crippen molar-refractivity contribution in [3.63, 3.8) is 0 Å². The average molecular weight is 462 g/mol. The molecule has 0 amide bonds. The highest BCUT2D eigenvalue weighted by molar-refractivity contribution is 6.20. The van der Waals surface area contributed by atoms with Crippen LogP contribution in [-0.2, 0) is 0 Å². The second-order valence-electron chi connectivity index (χ2n) is 8.98. The zero-order valence-corrected chi connectivity index (χ0v) is 19.2. The Morgan fingerprint density at radius 3 is 2.22 bits per heavy atom. The lowest BCUT2D eigenvalue weighted by Gasteiger charge is -2.11. The largest absolute Gasteiger partial charge is 0.299 e. The number of pyridine rings is 1. The van der Waals surface area contributed by atoms with E-state index in [0.717, 1.165) is 60.6 Å². The zero-order chi connectivity index (χ0) is 23.6. The van der Waals surface area contributed by atoms with Gasteiger partial charge in [-0.2, -0.15) is 0 Å². The van der Waals surface area contributed by atoms with E-state index >= 15 is 0 Å². The van der Waals surface area contributed by atoms with Gasteiger partial charge in [-0.15, -0.1) is 0 Å². The van der Waals surface area contributed by atoms with Crippen LogP contribution in [0.3, 0.4) is 0 Å².